The van der Waals surface area contributed by atoms with Gasteiger partial charge in [0.15, 0.2) is 24.0 Å². The van der Waals surface area contributed by atoms with Gasteiger partial charge >= 0.3 is 0 Å². The highest BCUT2D eigenvalue weighted by molar-refractivity contribution is 6.09. The van der Waals surface area contributed by atoms with E-state index in [0.717, 1.165) is 86.9 Å². The minimum Gasteiger partial charge on any atom is -0.324 e. The highest BCUT2D eigenvalue weighted by Crippen LogP contribution is 2.36. The average molecular weight is 717 g/mol. The van der Waals surface area contributed by atoms with Gasteiger partial charge < -0.3 is 9.97 Å². The van der Waals surface area contributed by atoms with Gasteiger partial charge in [-0.1, -0.05) is 97.1 Å². The van der Waals surface area contributed by atoms with Crippen molar-refractivity contribution in [2.24, 2.45) is 30.0 Å². The van der Waals surface area contributed by atoms with E-state index in [0.29, 0.717) is 33.6 Å². The molecule has 2 aromatic heterocycles. The third kappa shape index (κ3) is 4.35. The number of rotatable bonds is 0. The van der Waals surface area contributed by atoms with Crippen molar-refractivity contribution in [1.29, 1.82) is 0 Å². The molecule has 0 fully saturated rings. The summed E-state index contributed by atoms with van der Waals surface area (Å²) in [6, 6.07) is 51.2. The fourth-order valence-electron chi connectivity index (χ4n) is 8.81. The quantitative estimate of drug-likeness (QED) is 0.158. The molecule has 2 N–H and O–H groups in total. The van der Waals surface area contributed by atoms with Crippen LogP contribution in [0, 0.1) is 0 Å². The molecule has 8 heteroatoms. The monoisotopic (exact) mass is 716 g/mol. The third-order valence-corrected chi connectivity index (χ3v) is 11.6. The highest BCUT2D eigenvalue weighted by atomic mass is 15.1. The van der Waals surface area contributed by atoms with Gasteiger partial charge in [0.1, 0.15) is 22.0 Å². The van der Waals surface area contributed by atoms with Gasteiger partial charge in [0.25, 0.3) is 0 Å². The summed E-state index contributed by atoms with van der Waals surface area (Å²) in [4.78, 5) is 39.3. The Hall–Kier alpha value is -7.58. The van der Waals surface area contributed by atoms with Crippen molar-refractivity contribution in [3.63, 3.8) is 0 Å². The summed E-state index contributed by atoms with van der Waals surface area (Å²) >= 11 is 0. The van der Waals surface area contributed by atoms with Crippen molar-refractivity contribution >= 4 is 76.3 Å². The van der Waals surface area contributed by atoms with Crippen LogP contribution in [0.4, 0.5) is 0 Å². The first-order valence-corrected chi connectivity index (χ1v) is 18.8. The summed E-state index contributed by atoms with van der Waals surface area (Å²) in [5.74, 6) is 1.25. The van der Waals surface area contributed by atoms with Crippen LogP contribution in [-0.2, 0) is 0 Å². The molecule has 5 heterocycles. The Morgan fingerprint density at radius 1 is 0.321 bits per heavy atom. The number of benzene rings is 8. The molecule has 0 spiro atoms. The third-order valence-electron chi connectivity index (χ3n) is 11.6. The van der Waals surface area contributed by atoms with Crippen molar-refractivity contribution < 1.29 is 0 Å². The molecule has 0 amide bonds. The van der Waals surface area contributed by atoms with Gasteiger partial charge in [-0.25, -0.2) is 30.0 Å². The summed E-state index contributed by atoms with van der Waals surface area (Å²) < 4.78 is 0. The zero-order valence-electron chi connectivity index (χ0n) is 29.7. The summed E-state index contributed by atoms with van der Waals surface area (Å²) in [6.07, 6.45) is -1.07. The van der Waals surface area contributed by atoms with Gasteiger partial charge in [-0.2, -0.15) is 0 Å². The van der Waals surface area contributed by atoms with Crippen molar-refractivity contribution in [2.45, 2.75) is 12.3 Å². The number of nitrogens with zero attached hydrogens (tertiary/aromatic N) is 6. The lowest BCUT2D eigenvalue weighted by atomic mass is 10.0. The molecule has 8 bridgehead atoms. The maximum absolute atomic E-state index is 5.40. The van der Waals surface area contributed by atoms with Crippen LogP contribution in [0.2, 0.25) is 0 Å². The second kappa shape index (κ2) is 11.0. The molecule has 0 aliphatic carbocycles. The highest BCUT2D eigenvalue weighted by Gasteiger charge is 2.28. The first-order valence-electron chi connectivity index (χ1n) is 18.8. The van der Waals surface area contributed by atoms with E-state index in [9.17, 15) is 0 Å². The minimum absolute atomic E-state index is 0.533. The molecule has 0 saturated carbocycles. The molecule has 56 heavy (non-hydrogen) atoms. The fourth-order valence-corrected chi connectivity index (χ4v) is 8.81. The molecule has 0 radical (unpaired) electrons. The number of hydrogen-bond acceptors (Lipinski definition) is 6. The van der Waals surface area contributed by atoms with E-state index in [4.69, 9.17) is 30.0 Å². The Morgan fingerprint density at radius 3 is 0.982 bits per heavy atom. The van der Waals surface area contributed by atoms with Crippen molar-refractivity contribution in [2.75, 3.05) is 0 Å². The molecular weight excluding hydrogens is 689 g/mol. The van der Waals surface area contributed by atoms with Crippen LogP contribution in [0.25, 0.3) is 64.6 Å². The molecule has 260 valence electrons. The zero-order valence-corrected chi connectivity index (χ0v) is 29.7. The largest absolute Gasteiger partial charge is 0.324 e. The Bertz CT molecular complexity index is 3490. The molecule has 2 atom stereocenters. The predicted octanol–water partition coefficient (Wildman–Crippen LogP) is 8.37. The van der Waals surface area contributed by atoms with Gasteiger partial charge in [-0.15, -0.1) is 0 Å². The Labute approximate surface area is 317 Å². The standard InChI is InChI=1S/C48H28N8/c1-2-10-26-18-34-33(17-25(26)9-1)41-49-42(34)54-44-37-21-29-13-5-6-14-30(29)22-38(37)46(51-44)56-48-40-24-32-16-8-7-15-31(32)23-39(40)47(52-48)55-45-36-20-28-12-4-3-11-27(28)19-35(36)43(50-45)53-41/h1-24,41,48H,(H,49,51,54,56)(H,50,52,53,55). The SMILES string of the molecule is c1ccc2cc3c(cc2c1)C1=NC3N=c2[nH]c(c3cc4ccccc4cc23)=NC2=NC(N=c3[nH]c(c4cc5ccccc5cc34)=N1)c1cc3ccccc3cc12. The van der Waals surface area contributed by atoms with Crippen LogP contribution in [0.15, 0.2) is 176 Å². The first kappa shape index (κ1) is 29.8. The number of amidine groups is 2. The zero-order chi connectivity index (χ0) is 36.5. The normalized spacial score (nSPS) is 17.0. The first-order chi connectivity index (χ1) is 27.7. The lowest BCUT2D eigenvalue weighted by Crippen LogP contribution is -2.14. The van der Waals surface area contributed by atoms with E-state index in [1.807, 2.05) is 0 Å². The Morgan fingerprint density at radius 2 is 0.625 bits per heavy atom. The average Bonchev–Trinajstić information content (AvgIpc) is 3.95. The van der Waals surface area contributed by atoms with Crippen LogP contribution >= 0.6 is 0 Å². The lowest BCUT2D eigenvalue weighted by Gasteiger charge is -2.06. The molecule has 13 rings (SSSR count). The number of aromatic amines is 2. The van der Waals surface area contributed by atoms with E-state index in [1.54, 1.807) is 0 Å². The molecule has 0 saturated heterocycles. The molecule has 10 aromatic rings. The molecule has 3 aliphatic heterocycles. The van der Waals surface area contributed by atoms with E-state index >= 15 is 0 Å². The van der Waals surface area contributed by atoms with Gasteiger partial charge in [0, 0.05) is 43.8 Å². The number of aromatic nitrogens is 2. The fraction of sp³-hybridized carbons (Fsp3) is 0.0417. The maximum Gasteiger partial charge on any atom is 0.170 e. The summed E-state index contributed by atoms with van der Waals surface area (Å²) in [6.45, 7) is 0. The van der Waals surface area contributed by atoms with Gasteiger partial charge in [0.05, 0.1) is 0 Å². The maximum atomic E-state index is 5.40. The van der Waals surface area contributed by atoms with Crippen LogP contribution < -0.4 is 22.0 Å². The molecule has 8 nitrogen and oxygen atoms in total. The molecule has 8 aromatic carbocycles. The summed E-state index contributed by atoms with van der Waals surface area (Å²) in [7, 11) is 0. The molecule has 2 unspecified atom stereocenters. The smallest absolute Gasteiger partial charge is 0.170 e. The second-order valence-electron chi connectivity index (χ2n) is 14.8. The number of hydrogen-bond donors (Lipinski definition) is 2. The van der Waals surface area contributed by atoms with Crippen LogP contribution in [0.3, 0.4) is 0 Å². The number of H-pyrrole nitrogens is 2. The van der Waals surface area contributed by atoms with E-state index < -0.39 is 12.3 Å². The predicted molar refractivity (Wildman–Crippen MR) is 223 cm³/mol. The molecule has 3 aliphatic rings. The van der Waals surface area contributed by atoms with Crippen molar-refractivity contribution in [1.82, 2.24) is 9.97 Å². The van der Waals surface area contributed by atoms with E-state index in [2.05, 4.69) is 156 Å². The van der Waals surface area contributed by atoms with Crippen LogP contribution in [0.1, 0.15) is 34.6 Å². The topological polar surface area (TPSA) is 106 Å². The number of fused-ring (bicyclic) bond motifs is 22. The minimum atomic E-state index is -0.533. The number of nitrogens with one attached hydrogen (secondary N) is 2. The second-order valence-corrected chi connectivity index (χ2v) is 14.8. The Kier molecular flexibility index (Phi) is 5.85. The number of aliphatic imine (C=N–C) groups is 2. The summed E-state index contributed by atoms with van der Waals surface area (Å²) in [5, 5.41) is 12.9. The van der Waals surface area contributed by atoms with Crippen molar-refractivity contribution in [3.05, 3.63) is 190 Å². The van der Waals surface area contributed by atoms with Crippen molar-refractivity contribution in [3.8, 4) is 0 Å². The van der Waals surface area contributed by atoms with Gasteiger partial charge in [-0.05, 0) is 91.6 Å². The lowest BCUT2D eigenvalue weighted by molar-refractivity contribution is 0.757. The van der Waals surface area contributed by atoms with E-state index in [-0.39, 0.29) is 0 Å². The molecular formula is C48H28N8. The van der Waals surface area contributed by atoms with Gasteiger partial charge in [-0.3, -0.25) is 0 Å². The van der Waals surface area contributed by atoms with Crippen LogP contribution in [0.5, 0.6) is 0 Å². The summed E-state index contributed by atoms with van der Waals surface area (Å²) in [5.41, 5.74) is 6.74. The van der Waals surface area contributed by atoms with Crippen LogP contribution in [-0.4, -0.2) is 21.6 Å². The Balaban J connectivity index is 1.19. The van der Waals surface area contributed by atoms with E-state index in [1.165, 1.54) is 0 Å². The van der Waals surface area contributed by atoms with Gasteiger partial charge in [0.2, 0.25) is 0 Å².